The number of rotatable bonds is 3. The van der Waals surface area contributed by atoms with Gasteiger partial charge < -0.3 is 8.83 Å². The Morgan fingerprint density at radius 3 is 1.85 bits per heavy atom. The predicted molar refractivity (Wildman–Crippen MR) is 228 cm³/mol. The van der Waals surface area contributed by atoms with Crippen LogP contribution in [0.5, 0.6) is 0 Å². The molecule has 0 unspecified atom stereocenters. The lowest BCUT2D eigenvalue weighted by atomic mass is 9.97. The number of hydrogen-bond acceptors (Lipinski definition) is 5. The van der Waals surface area contributed by atoms with Crippen molar-refractivity contribution in [2.45, 2.75) is 13.1 Å². The Morgan fingerprint density at radius 2 is 1.02 bits per heavy atom. The van der Waals surface area contributed by atoms with E-state index in [9.17, 15) is 0 Å². The molecule has 0 N–H and O–H groups in total. The highest BCUT2D eigenvalue weighted by atomic mass is 28.3. The van der Waals surface area contributed by atoms with Gasteiger partial charge in [0.2, 0.25) is 0 Å². The van der Waals surface area contributed by atoms with Crippen molar-refractivity contribution in [3.63, 3.8) is 0 Å². The summed E-state index contributed by atoms with van der Waals surface area (Å²) in [4.78, 5) is 16.1. The molecule has 258 valence electrons. The summed E-state index contributed by atoms with van der Waals surface area (Å²) in [5, 5.41) is 11.6. The molecule has 0 fully saturated rings. The number of furan rings is 2. The van der Waals surface area contributed by atoms with Gasteiger partial charge in [0.1, 0.15) is 30.4 Å². The van der Waals surface area contributed by atoms with E-state index < -0.39 is 8.07 Å². The minimum atomic E-state index is -2.12. The summed E-state index contributed by atoms with van der Waals surface area (Å²) in [5.41, 5.74) is 8.61. The van der Waals surface area contributed by atoms with E-state index in [1.165, 1.54) is 37.7 Å². The molecule has 0 spiro atoms. The third-order valence-corrected chi connectivity index (χ3v) is 15.2. The second-order valence-corrected chi connectivity index (χ2v) is 19.5. The number of fused-ring (bicyclic) bond motifs is 13. The average molecular weight is 722 g/mol. The lowest BCUT2D eigenvalue weighted by Crippen LogP contribution is -2.49. The van der Waals surface area contributed by atoms with Gasteiger partial charge in [0.25, 0.3) is 0 Å². The molecule has 11 aromatic rings. The van der Waals surface area contributed by atoms with Gasteiger partial charge in [-0.2, -0.15) is 0 Å². The van der Waals surface area contributed by atoms with Crippen LogP contribution in [0.25, 0.3) is 111 Å². The van der Waals surface area contributed by atoms with Gasteiger partial charge in [0.15, 0.2) is 17.5 Å². The van der Waals surface area contributed by atoms with Crippen LogP contribution >= 0.6 is 0 Å². The van der Waals surface area contributed by atoms with Gasteiger partial charge in [0, 0.05) is 43.8 Å². The average Bonchev–Trinajstić information content (AvgIpc) is 3.88. The largest absolute Gasteiger partial charge is 0.456 e. The summed E-state index contributed by atoms with van der Waals surface area (Å²) in [6.45, 7) is 4.87. The van der Waals surface area contributed by atoms with E-state index in [1.807, 2.05) is 36.4 Å². The number of benzene rings is 8. The molecule has 0 saturated carbocycles. The van der Waals surface area contributed by atoms with Gasteiger partial charge in [-0.1, -0.05) is 134 Å². The zero-order chi connectivity index (χ0) is 36.4. The summed E-state index contributed by atoms with van der Waals surface area (Å²) < 4.78 is 13.2. The molecular weight excluding hydrogens is 691 g/mol. The molecule has 4 heterocycles. The van der Waals surface area contributed by atoms with Crippen LogP contribution in [0.2, 0.25) is 13.1 Å². The van der Waals surface area contributed by atoms with E-state index in [2.05, 4.69) is 128 Å². The fourth-order valence-corrected chi connectivity index (χ4v) is 12.1. The van der Waals surface area contributed by atoms with Crippen molar-refractivity contribution >= 4 is 83.9 Å². The molecule has 55 heavy (non-hydrogen) atoms. The van der Waals surface area contributed by atoms with Crippen molar-refractivity contribution in [2.24, 2.45) is 0 Å². The highest BCUT2D eigenvalue weighted by Crippen LogP contribution is 2.44. The van der Waals surface area contributed by atoms with Crippen LogP contribution in [0, 0.1) is 0 Å². The van der Waals surface area contributed by atoms with Gasteiger partial charge in [0.05, 0.1) is 0 Å². The topological polar surface area (TPSA) is 65.0 Å². The molecule has 0 aliphatic carbocycles. The van der Waals surface area contributed by atoms with Crippen molar-refractivity contribution in [1.82, 2.24) is 15.0 Å². The molecular formula is C49H31N3O2Si. The highest BCUT2D eigenvalue weighted by molar-refractivity contribution is 7.04. The van der Waals surface area contributed by atoms with Crippen LogP contribution in [-0.2, 0) is 0 Å². The Bertz CT molecular complexity index is 3430. The molecule has 1 aliphatic rings. The molecule has 1 aliphatic heterocycles. The van der Waals surface area contributed by atoms with Crippen molar-refractivity contribution in [3.05, 3.63) is 152 Å². The lowest BCUT2D eigenvalue weighted by Gasteiger charge is -2.19. The molecule has 8 aromatic carbocycles. The summed E-state index contributed by atoms with van der Waals surface area (Å²) in [7, 11) is -2.12. The molecule has 12 rings (SSSR count). The normalized spacial score (nSPS) is 13.4. The fraction of sp³-hybridized carbons (Fsp3) is 0.0408. The van der Waals surface area contributed by atoms with Crippen molar-refractivity contribution in [1.29, 1.82) is 0 Å². The first-order valence-corrected chi connectivity index (χ1v) is 21.7. The molecule has 0 amide bonds. The number of hydrogen-bond donors (Lipinski definition) is 0. The molecule has 0 saturated heterocycles. The summed E-state index contributed by atoms with van der Waals surface area (Å²) in [5.74, 6) is 1.82. The summed E-state index contributed by atoms with van der Waals surface area (Å²) in [6, 6.07) is 53.3. The first kappa shape index (κ1) is 30.6. The van der Waals surface area contributed by atoms with Gasteiger partial charge in [-0.15, -0.1) is 0 Å². The first-order chi connectivity index (χ1) is 27.0. The second-order valence-electron chi connectivity index (χ2n) is 15.1. The van der Waals surface area contributed by atoms with E-state index >= 15 is 0 Å². The van der Waals surface area contributed by atoms with Crippen LogP contribution < -0.4 is 10.4 Å². The van der Waals surface area contributed by atoms with E-state index in [0.29, 0.717) is 17.5 Å². The SMILES string of the molecule is C[Si]1(C)c2ccccc2-c2c1cc(-c1nc(-c3ccc4ccc5ccccc5c4c3)nc(-c3cccc4oc5ccccc5c34)n1)c1c2oc2ccccc21. The maximum atomic E-state index is 6.86. The molecule has 0 atom stereocenters. The summed E-state index contributed by atoms with van der Waals surface area (Å²) >= 11 is 0. The smallest absolute Gasteiger partial charge is 0.164 e. The van der Waals surface area contributed by atoms with Crippen molar-refractivity contribution in [2.75, 3.05) is 0 Å². The van der Waals surface area contributed by atoms with E-state index in [-0.39, 0.29) is 0 Å². The molecule has 0 radical (unpaired) electrons. The molecule has 5 nitrogen and oxygen atoms in total. The van der Waals surface area contributed by atoms with Crippen LogP contribution in [-0.4, -0.2) is 23.0 Å². The third kappa shape index (κ3) is 4.31. The quantitative estimate of drug-likeness (QED) is 0.134. The van der Waals surface area contributed by atoms with E-state index in [0.717, 1.165) is 66.0 Å². The second kappa shape index (κ2) is 11.1. The van der Waals surface area contributed by atoms with Crippen molar-refractivity contribution < 1.29 is 8.83 Å². The summed E-state index contributed by atoms with van der Waals surface area (Å²) in [6.07, 6.45) is 0. The standard InChI is InChI=1S/C49H31N3O2Si/c1-55(2)41-21-10-7-16-34(41)45-42(55)27-37(44-33-15-6-9-19-39(33)54-46(44)45)49-51-47(30-25-24-29-23-22-28-12-3-4-13-31(28)36(29)26-30)50-48(52-49)35-17-11-20-40-43(35)32-14-5-8-18-38(32)53-40/h3-27H,1-2H3. The Kier molecular flexibility index (Phi) is 6.15. The van der Waals surface area contributed by atoms with E-state index in [1.54, 1.807) is 0 Å². The number of aromatic nitrogens is 3. The Morgan fingerprint density at radius 1 is 0.418 bits per heavy atom. The minimum absolute atomic E-state index is 0.594. The molecule has 0 bridgehead atoms. The molecule has 6 heteroatoms. The van der Waals surface area contributed by atoms with Crippen LogP contribution in [0.15, 0.2) is 160 Å². The van der Waals surface area contributed by atoms with Gasteiger partial charge >= 0.3 is 0 Å². The molecule has 3 aromatic heterocycles. The van der Waals surface area contributed by atoms with Crippen LogP contribution in [0.1, 0.15) is 0 Å². The van der Waals surface area contributed by atoms with Crippen LogP contribution in [0.4, 0.5) is 0 Å². The Labute approximate surface area is 316 Å². The number of para-hydroxylation sites is 2. The number of nitrogens with zero attached hydrogens (tertiary/aromatic N) is 3. The first-order valence-electron chi connectivity index (χ1n) is 18.7. The maximum Gasteiger partial charge on any atom is 0.164 e. The van der Waals surface area contributed by atoms with E-state index in [4.69, 9.17) is 23.8 Å². The van der Waals surface area contributed by atoms with Crippen molar-refractivity contribution in [3.8, 4) is 45.3 Å². The zero-order valence-corrected chi connectivity index (χ0v) is 31.1. The van der Waals surface area contributed by atoms with Gasteiger partial charge in [-0.05, 0) is 67.8 Å². The third-order valence-electron chi connectivity index (χ3n) is 11.7. The Hall–Kier alpha value is -6.89. The fourth-order valence-electron chi connectivity index (χ4n) is 9.08. The van der Waals surface area contributed by atoms with Gasteiger partial charge in [-0.25, -0.2) is 15.0 Å². The van der Waals surface area contributed by atoms with Crippen LogP contribution in [0.3, 0.4) is 0 Å². The maximum absolute atomic E-state index is 6.86. The predicted octanol–water partition coefficient (Wildman–Crippen LogP) is 11.8. The minimum Gasteiger partial charge on any atom is -0.456 e. The zero-order valence-electron chi connectivity index (χ0n) is 30.1. The monoisotopic (exact) mass is 721 g/mol. The highest BCUT2D eigenvalue weighted by Gasteiger charge is 2.40. The Balaban J connectivity index is 1.20. The lowest BCUT2D eigenvalue weighted by molar-refractivity contribution is 0.669. The van der Waals surface area contributed by atoms with Gasteiger partial charge in [-0.3, -0.25) is 0 Å².